The van der Waals surface area contributed by atoms with Crippen LogP contribution in [0.15, 0.2) is 47.9 Å². The van der Waals surface area contributed by atoms with Crippen molar-refractivity contribution in [2.75, 3.05) is 18.0 Å². The molecule has 0 bridgehead atoms. The second kappa shape index (κ2) is 6.92. The molecule has 1 aliphatic heterocycles. The summed E-state index contributed by atoms with van der Waals surface area (Å²) in [4.78, 5) is 23.4. The average Bonchev–Trinajstić information content (AvgIpc) is 3.33. The van der Waals surface area contributed by atoms with Crippen molar-refractivity contribution in [2.45, 2.75) is 25.8 Å². The van der Waals surface area contributed by atoms with Crippen LogP contribution < -0.4 is 10.5 Å². The number of rotatable bonds is 4. The van der Waals surface area contributed by atoms with Gasteiger partial charge in [-0.05, 0) is 25.8 Å². The van der Waals surface area contributed by atoms with Crippen LogP contribution in [0.2, 0.25) is 5.02 Å². The molecule has 1 atom stereocenters. The van der Waals surface area contributed by atoms with Gasteiger partial charge in [-0.2, -0.15) is 5.10 Å². The van der Waals surface area contributed by atoms with Crippen LogP contribution in [0, 0.1) is 0 Å². The van der Waals surface area contributed by atoms with Crippen molar-refractivity contribution < 1.29 is 0 Å². The van der Waals surface area contributed by atoms with Crippen molar-refractivity contribution in [1.82, 2.24) is 24.3 Å². The van der Waals surface area contributed by atoms with E-state index >= 15 is 0 Å². The standard InChI is InChI=1S/C18H19ClN6O/c1-13(24-7-4-15(19)8-18(24)26)14-9-21-25(12-14)17-11-20-10-16(22-17)23-5-2-3-6-23/h4,7-13H,2-3,5-6H2,1H3. The lowest BCUT2D eigenvalue weighted by Crippen LogP contribution is -2.22. The van der Waals surface area contributed by atoms with Crippen molar-refractivity contribution in [3.8, 4) is 5.82 Å². The maximum atomic E-state index is 12.1. The van der Waals surface area contributed by atoms with E-state index in [1.807, 2.05) is 13.1 Å². The number of anilines is 1. The Labute approximate surface area is 155 Å². The molecule has 3 aromatic rings. The molecular weight excluding hydrogens is 352 g/mol. The van der Waals surface area contributed by atoms with Crippen LogP contribution in [0.5, 0.6) is 0 Å². The molecule has 0 aliphatic carbocycles. The Morgan fingerprint density at radius 3 is 2.69 bits per heavy atom. The number of hydrogen-bond acceptors (Lipinski definition) is 5. The first-order chi connectivity index (χ1) is 12.6. The van der Waals surface area contributed by atoms with Crippen molar-refractivity contribution in [1.29, 1.82) is 0 Å². The lowest BCUT2D eigenvalue weighted by atomic mass is 10.2. The zero-order chi connectivity index (χ0) is 18.1. The van der Waals surface area contributed by atoms with Crippen LogP contribution in [0.4, 0.5) is 5.82 Å². The molecule has 1 fully saturated rings. The summed E-state index contributed by atoms with van der Waals surface area (Å²) < 4.78 is 3.32. The largest absolute Gasteiger partial charge is 0.355 e. The summed E-state index contributed by atoms with van der Waals surface area (Å²) >= 11 is 5.87. The molecule has 1 unspecified atom stereocenters. The number of nitrogens with zero attached hydrogens (tertiary/aromatic N) is 6. The van der Waals surface area contributed by atoms with Gasteiger partial charge in [0.25, 0.3) is 5.56 Å². The van der Waals surface area contributed by atoms with E-state index in [1.165, 1.54) is 18.9 Å². The van der Waals surface area contributed by atoms with Crippen LogP contribution >= 0.6 is 11.6 Å². The quantitative estimate of drug-likeness (QED) is 0.706. The Balaban J connectivity index is 1.61. The van der Waals surface area contributed by atoms with E-state index < -0.39 is 0 Å². The highest BCUT2D eigenvalue weighted by Crippen LogP contribution is 2.20. The summed E-state index contributed by atoms with van der Waals surface area (Å²) in [6.45, 7) is 3.97. The Morgan fingerprint density at radius 1 is 1.15 bits per heavy atom. The molecule has 26 heavy (non-hydrogen) atoms. The third-order valence-corrected chi connectivity index (χ3v) is 4.92. The Hall–Kier alpha value is -2.67. The maximum Gasteiger partial charge on any atom is 0.252 e. The predicted octanol–water partition coefficient (Wildman–Crippen LogP) is 2.69. The minimum atomic E-state index is -0.164. The monoisotopic (exact) mass is 370 g/mol. The van der Waals surface area contributed by atoms with Gasteiger partial charge in [0.15, 0.2) is 5.82 Å². The molecule has 0 N–H and O–H groups in total. The van der Waals surface area contributed by atoms with Gasteiger partial charge in [-0.25, -0.2) is 9.67 Å². The predicted molar refractivity (Wildman–Crippen MR) is 100 cm³/mol. The summed E-state index contributed by atoms with van der Waals surface area (Å²) in [5, 5.41) is 4.84. The van der Waals surface area contributed by atoms with Gasteiger partial charge in [0.1, 0.15) is 5.82 Å². The van der Waals surface area contributed by atoms with Gasteiger partial charge < -0.3 is 9.47 Å². The van der Waals surface area contributed by atoms with E-state index in [2.05, 4.69) is 20.0 Å². The molecule has 0 spiro atoms. The smallest absolute Gasteiger partial charge is 0.252 e. The van der Waals surface area contributed by atoms with Crippen molar-refractivity contribution in [2.24, 2.45) is 0 Å². The Morgan fingerprint density at radius 2 is 1.92 bits per heavy atom. The van der Waals surface area contributed by atoms with Crippen molar-refractivity contribution >= 4 is 17.4 Å². The second-order valence-electron chi connectivity index (χ2n) is 6.41. The summed E-state index contributed by atoms with van der Waals surface area (Å²) in [7, 11) is 0. The highest BCUT2D eigenvalue weighted by Gasteiger charge is 2.16. The summed E-state index contributed by atoms with van der Waals surface area (Å²) in [6, 6.07) is 2.95. The Kier molecular flexibility index (Phi) is 4.46. The van der Waals surface area contributed by atoms with E-state index in [-0.39, 0.29) is 11.6 Å². The summed E-state index contributed by atoms with van der Waals surface area (Å²) in [6.07, 6.45) is 11.2. The van der Waals surface area contributed by atoms with Crippen molar-refractivity contribution in [3.05, 3.63) is 64.1 Å². The second-order valence-corrected chi connectivity index (χ2v) is 6.85. The molecule has 134 valence electrons. The number of hydrogen-bond donors (Lipinski definition) is 0. The third kappa shape index (κ3) is 3.22. The summed E-state index contributed by atoms with van der Waals surface area (Å²) in [5.74, 6) is 1.54. The number of halogens is 1. The molecule has 0 aromatic carbocycles. The number of aromatic nitrogens is 5. The first kappa shape index (κ1) is 16.8. The Bertz CT molecular complexity index is 976. The molecule has 3 aromatic heterocycles. The van der Waals surface area contributed by atoms with Gasteiger partial charge in [-0.15, -0.1) is 0 Å². The first-order valence-electron chi connectivity index (χ1n) is 8.61. The molecule has 0 saturated carbocycles. The molecule has 4 rings (SSSR count). The minimum Gasteiger partial charge on any atom is -0.355 e. The fourth-order valence-corrected chi connectivity index (χ4v) is 3.33. The van der Waals surface area contributed by atoms with E-state index in [0.717, 1.165) is 24.5 Å². The van der Waals surface area contributed by atoms with Crippen molar-refractivity contribution in [3.63, 3.8) is 0 Å². The maximum absolute atomic E-state index is 12.1. The molecule has 7 nitrogen and oxygen atoms in total. The number of pyridine rings is 1. The van der Waals surface area contributed by atoms with Crippen LogP contribution in [0.1, 0.15) is 31.4 Å². The SMILES string of the molecule is CC(c1cnn(-c2cncc(N3CCCC3)n2)c1)n1ccc(Cl)cc1=O. The van der Waals surface area contributed by atoms with Crippen LogP contribution in [0.3, 0.4) is 0 Å². The van der Waals surface area contributed by atoms with Gasteiger partial charge in [-0.3, -0.25) is 9.78 Å². The van der Waals surface area contributed by atoms with E-state index in [1.54, 1.807) is 40.1 Å². The van der Waals surface area contributed by atoms with Gasteiger partial charge in [-0.1, -0.05) is 11.6 Å². The molecule has 0 radical (unpaired) electrons. The zero-order valence-corrected chi connectivity index (χ0v) is 15.2. The van der Waals surface area contributed by atoms with E-state index in [0.29, 0.717) is 10.8 Å². The highest BCUT2D eigenvalue weighted by molar-refractivity contribution is 6.30. The molecule has 4 heterocycles. The van der Waals surface area contributed by atoms with Gasteiger partial charge >= 0.3 is 0 Å². The molecule has 1 aliphatic rings. The van der Waals surface area contributed by atoms with Crippen LogP contribution in [-0.4, -0.2) is 37.4 Å². The van der Waals surface area contributed by atoms with Gasteiger partial charge in [0, 0.05) is 42.1 Å². The average molecular weight is 371 g/mol. The third-order valence-electron chi connectivity index (χ3n) is 4.69. The van der Waals surface area contributed by atoms with E-state index in [4.69, 9.17) is 11.6 Å². The fraction of sp³-hybridized carbons (Fsp3) is 0.333. The summed E-state index contributed by atoms with van der Waals surface area (Å²) in [5.41, 5.74) is 0.761. The lowest BCUT2D eigenvalue weighted by molar-refractivity contribution is 0.614. The van der Waals surface area contributed by atoms with Crippen LogP contribution in [-0.2, 0) is 0 Å². The molecule has 0 amide bonds. The molecule has 1 saturated heterocycles. The first-order valence-corrected chi connectivity index (χ1v) is 8.99. The van der Waals surface area contributed by atoms with Gasteiger partial charge in [0.2, 0.25) is 0 Å². The van der Waals surface area contributed by atoms with E-state index in [9.17, 15) is 4.79 Å². The highest BCUT2D eigenvalue weighted by atomic mass is 35.5. The fourth-order valence-electron chi connectivity index (χ4n) is 3.18. The van der Waals surface area contributed by atoms with Gasteiger partial charge in [0.05, 0.1) is 24.6 Å². The molecule has 8 heteroatoms. The zero-order valence-electron chi connectivity index (χ0n) is 14.4. The minimum absolute atomic E-state index is 0.145. The topological polar surface area (TPSA) is 68.8 Å². The molecular formula is C18H19ClN6O. The normalized spacial score (nSPS) is 15.4. The van der Waals surface area contributed by atoms with Crippen LogP contribution in [0.25, 0.3) is 5.82 Å². The lowest BCUT2D eigenvalue weighted by Gasteiger charge is -2.16.